The molecule has 60 valence electrons. The lowest BCUT2D eigenvalue weighted by atomic mass is 9.88. The molecule has 1 aromatic heterocycles. The molecule has 0 aliphatic carbocycles. The van der Waals surface area contributed by atoms with Gasteiger partial charge in [0, 0.05) is 11.5 Å². The second-order valence-corrected chi connectivity index (χ2v) is 4.96. The average Bonchev–Trinajstić information content (AvgIpc) is 1.86. The van der Waals surface area contributed by atoms with E-state index >= 15 is 0 Å². The van der Waals surface area contributed by atoms with Crippen LogP contribution in [0, 0.1) is 0 Å². The Labute approximate surface area is 71.3 Å². The maximum atomic E-state index is 4.22. The van der Waals surface area contributed by atoms with Crippen LogP contribution < -0.4 is 5.32 Å². The zero-order valence-electron chi connectivity index (χ0n) is 7.68. The van der Waals surface area contributed by atoms with Crippen LogP contribution in [0.1, 0.15) is 26.3 Å². The van der Waals surface area contributed by atoms with Gasteiger partial charge in [0.05, 0.1) is 10.2 Å². The largest absolute Gasteiger partial charge is 0.267 e. The lowest BCUT2D eigenvalue weighted by Gasteiger charge is -2.18. The van der Waals surface area contributed by atoms with E-state index in [2.05, 4.69) is 37.9 Å². The highest BCUT2D eigenvalue weighted by Gasteiger charge is 2.12. The Morgan fingerprint density at radius 3 is 2.36 bits per heavy atom. The Balaban J connectivity index is 3.06. The van der Waals surface area contributed by atoms with Crippen molar-refractivity contribution in [1.82, 2.24) is 4.98 Å². The van der Waals surface area contributed by atoms with Crippen molar-refractivity contribution in [1.29, 1.82) is 0 Å². The molecule has 0 amide bonds. The molecule has 0 aliphatic heterocycles. The van der Waals surface area contributed by atoms with Gasteiger partial charge in [-0.25, -0.2) is 0 Å². The third-order valence-electron chi connectivity index (χ3n) is 1.76. The molecule has 0 saturated carbocycles. The number of nitrogens with zero attached hydrogens (tertiary/aromatic N) is 1. The van der Waals surface area contributed by atoms with Gasteiger partial charge >= 0.3 is 0 Å². The van der Waals surface area contributed by atoms with Gasteiger partial charge in [0.2, 0.25) is 0 Å². The van der Waals surface area contributed by atoms with E-state index in [1.807, 2.05) is 6.20 Å². The average molecular weight is 165 g/mol. The van der Waals surface area contributed by atoms with Crippen molar-refractivity contribution < 1.29 is 0 Å². The van der Waals surface area contributed by atoms with Crippen LogP contribution in [0.5, 0.6) is 0 Å². The van der Waals surface area contributed by atoms with Gasteiger partial charge < -0.3 is 0 Å². The summed E-state index contributed by atoms with van der Waals surface area (Å²) in [6.07, 6.45) is 1.91. The van der Waals surface area contributed by atoms with Crippen LogP contribution in [0.4, 0.5) is 0 Å². The Morgan fingerprint density at radius 1 is 1.36 bits per heavy atom. The summed E-state index contributed by atoms with van der Waals surface area (Å²) >= 11 is 0. The van der Waals surface area contributed by atoms with Gasteiger partial charge in [0.15, 0.2) is 0 Å². The van der Waals surface area contributed by atoms with E-state index in [1.54, 1.807) is 0 Å². The highest BCUT2D eigenvalue weighted by Crippen LogP contribution is 2.19. The van der Waals surface area contributed by atoms with E-state index in [0.717, 1.165) is 10.2 Å². The first-order chi connectivity index (χ1) is 5.00. The minimum Gasteiger partial charge on any atom is -0.267 e. The molecule has 0 spiro atoms. The van der Waals surface area contributed by atoms with E-state index in [1.165, 1.54) is 10.9 Å². The summed E-state index contributed by atoms with van der Waals surface area (Å²) in [6, 6.07) is 4.30. The summed E-state index contributed by atoms with van der Waals surface area (Å²) in [5, 5.41) is 1.23. The second-order valence-electron chi connectivity index (χ2n) is 3.94. The summed E-state index contributed by atoms with van der Waals surface area (Å²) in [5.74, 6) is 0. The van der Waals surface area contributed by atoms with Crippen molar-refractivity contribution in [2.24, 2.45) is 0 Å². The van der Waals surface area contributed by atoms with Crippen LogP contribution in [0.3, 0.4) is 0 Å². The predicted molar refractivity (Wildman–Crippen MR) is 52.5 cm³/mol. The van der Waals surface area contributed by atoms with Crippen molar-refractivity contribution in [3.63, 3.8) is 0 Å². The van der Waals surface area contributed by atoms with Gasteiger partial charge in [-0.05, 0) is 23.1 Å². The minimum absolute atomic E-state index is 0.266. The number of pyridine rings is 1. The van der Waals surface area contributed by atoms with Crippen LogP contribution >= 0.6 is 0 Å². The molecule has 2 heteroatoms. The Bertz CT molecular complexity index is 250. The fourth-order valence-electron chi connectivity index (χ4n) is 1.01. The predicted octanol–water partition coefficient (Wildman–Crippen LogP) is 0.370. The summed E-state index contributed by atoms with van der Waals surface area (Å²) in [6.45, 7) is 6.68. The van der Waals surface area contributed by atoms with Gasteiger partial charge in [-0.1, -0.05) is 20.8 Å². The SMILES string of the molecule is CC(C)(C)c1ccnc([SiH3])c1. The van der Waals surface area contributed by atoms with Crippen LogP contribution in [0.15, 0.2) is 18.3 Å². The summed E-state index contributed by atoms with van der Waals surface area (Å²) in [4.78, 5) is 4.22. The van der Waals surface area contributed by atoms with Crippen LogP contribution in [-0.2, 0) is 5.41 Å². The topological polar surface area (TPSA) is 12.9 Å². The van der Waals surface area contributed by atoms with Crippen LogP contribution in [0.25, 0.3) is 0 Å². The molecular formula is C9H15NSi. The minimum atomic E-state index is 0.266. The fraction of sp³-hybridized carbons (Fsp3) is 0.444. The highest BCUT2D eigenvalue weighted by molar-refractivity contribution is 6.30. The molecule has 0 atom stereocenters. The molecule has 0 unspecified atom stereocenters. The summed E-state index contributed by atoms with van der Waals surface area (Å²) < 4.78 is 0. The van der Waals surface area contributed by atoms with E-state index < -0.39 is 0 Å². The number of hydrogen-bond donors (Lipinski definition) is 0. The standard InChI is InChI=1S/C9H15NSi/c1-9(2,3)7-4-5-10-8(11)6-7/h4-6H,1-3,11H3. The number of hydrogen-bond acceptors (Lipinski definition) is 1. The van der Waals surface area contributed by atoms with Crippen LogP contribution in [0.2, 0.25) is 0 Å². The number of rotatable bonds is 0. The van der Waals surface area contributed by atoms with E-state index in [4.69, 9.17) is 0 Å². The molecule has 0 aliphatic rings. The lowest BCUT2D eigenvalue weighted by molar-refractivity contribution is 0.590. The van der Waals surface area contributed by atoms with Gasteiger partial charge in [-0.3, -0.25) is 4.98 Å². The molecule has 1 rings (SSSR count). The molecule has 1 nitrogen and oxygen atoms in total. The Kier molecular flexibility index (Phi) is 2.14. The monoisotopic (exact) mass is 165 g/mol. The van der Waals surface area contributed by atoms with E-state index in [0.29, 0.717) is 0 Å². The summed E-state index contributed by atoms with van der Waals surface area (Å²) in [5.41, 5.74) is 1.65. The smallest absolute Gasteiger partial charge is 0.0623 e. The molecular weight excluding hydrogens is 150 g/mol. The molecule has 0 radical (unpaired) electrons. The second kappa shape index (κ2) is 2.78. The van der Waals surface area contributed by atoms with Crippen LogP contribution in [-0.4, -0.2) is 15.2 Å². The van der Waals surface area contributed by atoms with Gasteiger partial charge in [-0.2, -0.15) is 0 Å². The van der Waals surface area contributed by atoms with Gasteiger partial charge in [-0.15, -0.1) is 0 Å². The van der Waals surface area contributed by atoms with Crippen molar-refractivity contribution in [2.75, 3.05) is 0 Å². The first kappa shape index (κ1) is 8.46. The molecule has 11 heavy (non-hydrogen) atoms. The van der Waals surface area contributed by atoms with E-state index in [9.17, 15) is 0 Å². The maximum Gasteiger partial charge on any atom is 0.0623 e. The zero-order valence-corrected chi connectivity index (χ0v) is 9.68. The molecule has 0 aromatic carbocycles. The van der Waals surface area contributed by atoms with Crippen molar-refractivity contribution in [3.8, 4) is 0 Å². The van der Waals surface area contributed by atoms with Gasteiger partial charge in [0.1, 0.15) is 0 Å². The Hall–Kier alpha value is -0.633. The zero-order chi connectivity index (χ0) is 8.48. The summed E-state index contributed by atoms with van der Waals surface area (Å²) in [7, 11) is 1.04. The van der Waals surface area contributed by atoms with Gasteiger partial charge in [0.25, 0.3) is 0 Å². The van der Waals surface area contributed by atoms with E-state index in [-0.39, 0.29) is 5.41 Å². The molecule has 0 bridgehead atoms. The van der Waals surface area contributed by atoms with Crippen molar-refractivity contribution in [2.45, 2.75) is 26.2 Å². The lowest BCUT2D eigenvalue weighted by Crippen LogP contribution is -2.16. The van der Waals surface area contributed by atoms with Crippen molar-refractivity contribution >= 4 is 15.6 Å². The molecule has 1 aromatic rings. The third-order valence-corrected chi connectivity index (χ3v) is 2.31. The molecule has 0 saturated heterocycles. The number of aromatic nitrogens is 1. The first-order valence-electron chi connectivity index (χ1n) is 3.93. The highest BCUT2D eigenvalue weighted by atomic mass is 28.1. The molecule has 0 N–H and O–H groups in total. The quantitative estimate of drug-likeness (QED) is 0.506. The third kappa shape index (κ3) is 2.15. The first-order valence-corrected chi connectivity index (χ1v) is 4.93. The molecule has 1 heterocycles. The maximum absolute atomic E-state index is 4.22. The van der Waals surface area contributed by atoms with Crippen molar-refractivity contribution in [3.05, 3.63) is 23.9 Å². The molecule has 0 fully saturated rings. The normalized spacial score (nSPS) is 11.9. The Morgan fingerprint density at radius 2 is 2.00 bits per heavy atom. The fourth-order valence-corrected chi connectivity index (χ4v) is 1.47.